The summed E-state index contributed by atoms with van der Waals surface area (Å²) in [6, 6.07) is 6.54. The number of aliphatic hydroxyl groups is 1. The van der Waals surface area contributed by atoms with Gasteiger partial charge in [0.15, 0.2) is 0 Å². The van der Waals surface area contributed by atoms with Crippen LogP contribution in [0.4, 0.5) is 0 Å². The maximum absolute atomic E-state index is 12.6. The maximum Gasteiger partial charge on any atom is 0.243 e. The standard InChI is InChI=1S/C15H23NO3S/c1-12-4-3-10-16(11-9-12)20(18,19)15-7-5-14(6-8-15)13(2)17/h5-8,12-13,17H,3-4,9-11H2,1-2H3. The summed E-state index contributed by atoms with van der Waals surface area (Å²) in [5, 5.41) is 9.47. The molecule has 0 radical (unpaired) electrons. The Morgan fingerprint density at radius 1 is 1.20 bits per heavy atom. The summed E-state index contributed by atoms with van der Waals surface area (Å²) in [5.74, 6) is 0.591. The van der Waals surface area contributed by atoms with Crippen molar-refractivity contribution in [1.29, 1.82) is 0 Å². The van der Waals surface area contributed by atoms with E-state index in [9.17, 15) is 13.5 Å². The summed E-state index contributed by atoms with van der Waals surface area (Å²) >= 11 is 0. The third-order valence-electron chi connectivity index (χ3n) is 3.98. The topological polar surface area (TPSA) is 57.6 Å². The summed E-state index contributed by atoms with van der Waals surface area (Å²) < 4.78 is 26.8. The van der Waals surface area contributed by atoms with Crippen LogP contribution in [0.2, 0.25) is 0 Å². The average Bonchev–Trinajstić information content (AvgIpc) is 2.64. The lowest BCUT2D eigenvalue weighted by molar-refractivity contribution is 0.199. The minimum absolute atomic E-state index is 0.316. The molecule has 4 nitrogen and oxygen atoms in total. The average molecular weight is 297 g/mol. The minimum Gasteiger partial charge on any atom is -0.389 e. The molecule has 1 fully saturated rings. The van der Waals surface area contributed by atoms with Gasteiger partial charge in [-0.2, -0.15) is 4.31 Å². The van der Waals surface area contributed by atoms with Crippen LogP contribution in [-0.4, -0.2) is 30.9 Å². The van der Waals surface area contributed by atoms with Gasteiger partial charge in [-0.25, -0.2) is 8.42 Å². The van der Waals surface area contributed by atoms with Crippen molar-refractivity contribution in [1.82, 2.24) is 4.31 Å². The van der Waals surface area contributed by atoms with Crippen LogP contribution in [0, 0.1) is 5.92 Å². The molecule has 1 N–H and O–H groups in total. The van der Waals surface area contributed by atoms with Crippen molar-refractivity contribution in [2.75, 3.05) is 13.1 Å². The van der Waals surface area contributed by atoms with Gasteiger partial charge in [-0.05, 0) is 49.8 Å². The van der Waals surface area contributed by atoms with Gasteiger partial charge in [0, 0.05) is 13.1 Å². The zero-order chi connectivity index (χ0) is 14.8. The largest absolute Gasteiger partial charge is 0.389 e. The van der Waals surface area contributed by atoms with E-state index < -0.39 is 16.1 Å². The molecular weight excluding hydrogens is 274 g/mol. The molecule has 0 amide bonds. The summed E-state index contributed by atoms with van der Waals surface area (Å²) in [6.45, 7) is 5.04. The van der Waals surface area contributed by atoms with Crippen molar-refractivity contribution >= 4 is 10.0 Å². The van der Waals surface area contributed by atoms with Gasteiger partial charge in [0.25, 0.3) is 0 Å². The van der Waals surface area contributed by atoms with E-state index in [-0.39, 0.29) is 0 Å². The van der Waals surface area contributed by atoms with Gasteiger partial charge in [0.2, 0.25) is 10.0 Å². The van der Waals surface area contributed by atoms with Gasteiger partial charge in [0.1, 0.15) is 0 Å². The Labute approximate surface area is 121 Å². The molecule has 0 saturated carbocycles. The molecule has 0 bridgehead atoms. The zero-order valence-electron chi connectivity index (χ0n) is 12.1. The number of hydrogen-bond donors (Lipinski definition) is 1. The molecule has 5 heteroatoms. The molecule has 1 aromatic rings. The molecule has 1 aromatic carbocycles. The summed E-state index contributed by atoms with van der Waals surface area (Å²) in [5.41, 5.74) is 0.730. The second-order valence-electron chi connectivity index (χ2n) is 5.69. The van der Waals surface area contributed by atoms with Crippen LogP contribution in [0.1, 0.15) is 44.8 Å². The Bertz CT molecular complexity index is 537. The van der Waals surface area contributed by atoms with Gasteiger partial charge in [-0.1, -0.05) is 19.1 Å². The normalized spacial score (nSPS) is 23.2. The number of aliphatic hydroxyl groups excluding tert-OH is 1. The predicted octanol–water partition coefficient (Wildman–Crippen LogP) is 2.55. The van der Waals surface area contributed by atoms with E-state index in [4.69, 9.17) is 0 Å². The molecule has 0 aromatic heterocycles. The van der Waals surface area contributed by atoms with E-state index in [1.165, 1.54) is 0 Å². The van der Waals surface area contributed by atoms with E-state index in [0.29, 0.717) is 23.9 Å². The first-order valence-electron chi connectivity index (χ1n) is 7.19. The SMILES string of the molecule is CC1CCCN(S(=O)(=O)c2ccc(C(C)O)cc2)CC1. The van der Waals surface area contributed by atoms with Crippen LogP contribution in [0.3, 0.4) is 0 Å². The highest BCUT2D eigenvalue weighted by Gasteiger charge is 2.26. The lowest BCUT2D eigenvalue weighted by Gasteiger charge is -2.20. The van der Waals surface area contributed by atoms with Crippen LogP contribution in [-0.2, 0) is 10.0 Å². The summed E-state index contributed by atoms with van der Waals surface area (Å²) in [6.07, 6.45) is 2.36. The molecule has 112 valence electrons. The molecule has 2 atom stereocenters. The van der Waals surface area contributed by atoms with E-state index in [0.717, 1.165) is 24.8 Å². The van der Waals surface area contributed by atoms with Gasteiger partial charge in [0.05, 0.1) is 11.0 Å². The Morgan fingerprint density at radius 3 is 2.45 bits per heavy atom. The molecule has 1 heterocycles. The first-order chi connectivity index (χ1) is 9.41. The highest BCUT2D eigenvalue weighted by Crippen LogP contribution is 2.24. The van der Waals surface area contributed by atoms with E-state index in [1.54, 1.807) is 35.5 Å². The fourth-order valence-electron chi connectivity index (χ4n) is 2.54. The Balaban J connectivity index is 2.21. The summed E-state index contributed by atoms with van der Waals surface area (Å²) in [7, 11) is -3.40. The summed E-state index contributed by atoms with van der Waals surface area (Å²) in [4.78, 5) is 0.316. The third-order valence-corrected chi connectivity index (χ3v) is 5.89. The van der Waals surface area contributed by atoms with Crippen molar-refractivity contribution in [2.24, 2.45) is 5.92 Å². The van der Waals surface area contributed by atoms with E-state index in [2.05, 4.69) is 6.92 Å². The Kier molecular flexibility index (Phi) is 4.83. The zero-order valence-corrected chi connectivity index (χ0v) is 12.9. The molecule has 20 heavy (non-hydrogen) atoms. The molecule has 1 saturated heterocycles. The lowest BCUT2D eigenvalue weighted by Crippen LogP contribution is -2.32. The molecule has 1 aliphatic rings. The highest BCUT2D eigenvalue weighted by atomic mass is 32.2. The van der Waals surface area contributed by atoms with Gasteiger partial charge >= 0.3 is 0 Å². The molecule has 1 aliphatic heterocycles. The maximum atomic E-state index is 12.6. The second-order valence-corrected chi connectivity index (χ2v) is 7.62. The molecule has 2 unspecified atom stereocenters. The third kappa shape index (κ3) is 3.40. The predicted molar refractivity (Wildman–Crippen MR) is 78.8 cm³/mol. The molecule has 0 aliphatic carbocycles. The number of nitrogens with zero attached hydrogens (tertiary/aromatic N) is 1. The van der Waals surface area contributed by atoms with Crippen molar-refractivity contribution in [3.05, 3.63) is 29.8 Å². The van der Waals surface area contributed by atoms with Gasteiger partial charge < -0.3 is 5.11 Å². The Hall–Kier alpha value is -0.910. The number of rotatable bonds is 3. The molecular formula is C15H23NO3S. The van der Waals surface area contributed by atoms with Crippen LogP contribution >= 0.6 is 0 Å². The van der Waals surface area contributed by atoms with Crippen LogP contribution in [0.5, 0.6) is 0 Å². The number of sulfonamides is 1. The first-order valence-corrected chi connectivity index (χ1v) is 8.63. The number of hydrogen-bond acceptors (Lipinski definition) is 3. The number of benzene rings is 1. The minimum atomic E-state index is -3.40. The monoisotopic (exact) mass is 297 g/mol. The van der Waals surface area contributed by atoms with Crippen molar-refractivity contribution in [3.8, 4) is 0 Å². The smallest absolute Gasteiger partial charge is 0.243 e. The fraction of sp³-hybridized carbons (Fsp3) is 0.600. The van der Waals surface area contributed by atoms with Gasteiger partial charge in [-0.15, -0.1) is 0 Å². The lowest BCUT2D eigenvalue weighted by atomic mass is 10.0. The van der Waals surface area contributed by atoms with Crippen molar-refractivity contribution in [3.63, 3.8) is 0 Å². The highest BCUT2D eigenvalue weighted by molar-refractivity contribution is 7.89. The second kappa shape index (κ2) is 6.24. The first kappa shape index (κ1) is 15.5. The van der Waals surface area contributed by atoms with Crippen LogP contribution in [0.15, 0.2) is 29.2 Å². The van der Waals surface area contributed by atoms with Crippen LogP contribution in [0.25, 0.3) is 0 Å². The Morgan fingerprint density at radius 2 is 1.85 bits per heavy atom. The quantitative estimate of drug-likeness (QED) is 0.933. The van der Waals surface area contributed by atoms with Crippen LogP contribution < -0.4 is 0 Å². The van der Waals surface area contributed by atoms with Crippen molar-refractivity contribution in [2.45, 2.75) is 44.1 Å². The van der Waals surface area contributed by atoms with E-state index >= 15 is 0 Å². The molecule has 2 rings (SSSR count). The molecule has 0 spiro atoms. The van der Waals surface area contributed by atoms with Crippen molar-refractivity contribution < 1.29 is 13.5 Å². The van der Waals surface area contributed by atoms with E-state index in [1.807, 2.05) is 0 Å². The fourth-order valence-corrected chi connectivity index (χ4v) is 4.04. The van der Waals surface area contributed by atoms with Gasteiger partial charge in [-0.3, -0.25) is 0 Å².